The fourth-order valence-corrected chi connectivity index (χ4v) is 3.85. The summed E-state index contributed by atoms with van der Waals surface area (Å²) in [5.41, 5.74) is 7.07. The van der Waals surface area contributed by atoms with Gasteiger partial charge in [0.05, 0.1) is 31.2 Å². The maximum absolute atomic E-state index is 14.9. The summed E-state index contributed by atoms with van der Waals surface area (Å²) in [7, 11) is 0. The number of nitrogens with zero attached hydrogens (tertiary/aromatic N) is 3. The Bertz CT molecular complexity index is 793. The molecule has 156 valence electrons. The van der Waals surface area contributed by atoms with Crippen LogP contribution in [0.2, 0.25) is 0 Å². The summed E-state index contributed by atoms with van der Waals surface area (Å²) in [5.74, 6) is 1.17. The second-order valence-corrected chi connectivity index (χ2v) is 7.69. The summed E-state index contributed by atoms with van der Waals surface area (Å²) < 4.78 is 26.5. The third kappa shape index (κ3) is 5.13. The van der Waals surface area contributed by atoms with Crippen molar-refractivity contribution in [3.05, 3.63) is 36.4 Å². The van der Waals surface area contributed by atoms with Crippen LogP contribution in [-0.2, 0) is 4.74 Å². The minimum absolute atomic E-state index is 0.303. The Morgan fingerprint density at radius 3 is 2.59 bits per heavy atom. The molecule has 1 saturated heterocycles. The highest BCUT2D eigenvalue weighted by Gasteiger charge is 2.22. The second-order valence-electron chi connectivity index (χ2n) is 7.69. The first kappa shape index (κ1) is 19.8. The molecule has 0 unspecified atom stereocenters. The van der Waals surface area contributed by atoms with Crippen molar-refractivity contribution in [2.75, 3.05) is 43.1 Å². The van der Waals surface area contributed by atoms with Crippen molar-refractivity contribution in [2.24, 2.45) is 11.7 Å². The lowest BCUT2D eigenvalue weighted by Crippen LogP contribution is -2.36. The summed E-state index contributed by atoms with van der Waals surface area (Å²) in [6.07, 6.45) is 7.45. The summed E-state index contributed by atoms with van der Waals surface area (Å²) in [4.78, 5) is 10.3. The van der Waals surface area contributed by atoms with E-state index >= 15 is 0 Å². The van der Waals surface area contributed by atoms with Gasteiger partial charge < -0.3 is 25.4 Å². The third-order valence-electron chi connectivity index (χ3n) is 5.58. The Labute approximate surface area is 170 Å². The molecule has 1 saturated carbocycles. The molecule has 1 aliphatic heterocycles. The van der Waals surface area contributed by atoms with Crippen molar-refractivity contribution in [1.82, 2.24) is 9.97 Å². The first-order chi connectivity index (χ1) is 14.2. The highest BCUT2D eigenvalue weighted by atomic mass is 19.1. The van der Waals surface area contributed by atoms with Gasteiger partial charge in [-0.1, -0.05) is 0 Å². The van der Waals surface area contributed by atoms with Crippen molar-refractivity contribution in [3.8, 4) is 5.75 Å². The molecule has 8 heteroatoms. The zero-order valence-electron chi connectivity index (χ0n) is 16.5. The summed E-state index contributed by atoms with van der Waals surface area (Å²) in [5, 5.41) is 3.09. The number of rotatable bonds is 6. The average molecular weight is 401 g/mol. The van der Waals surface area contributed by atoms with Crippen LogP contribution in [0.3, 0.4) is 0 Å². The lowest BCUT2D eigenvalue weighted by atomic mass is 9.87. The van der Waals surface area contributed by atoms with E-state index in [2.05, 4.69) is 15.3 Å². The third-order valence-corrected chi connectivity index (χ3v) is 5.58. The zero-order valence-corrected chi connectivity index (χ0v) is 16.5. The van der Waals surface area contributed by atoms with Gasteiger partial charge in [0.15, 0.2) is 0 Å². The van der Waals surface area contributed by atoms with Gasteiger partial charge in [-0.3, -0.25) is 0 Å². The molecule has 0 atom stereocenters. The Morgan fingerprint density at radius 2 is 1.86 bits per heavy atom. The lowest BCUT2D eigenvalue weighted by molar-refractivity contribution is 0.122. The summed E-state index contributed by atoms with van der Waals surface area (Å²) in [6, 6.07) is 5.28. The number of nitrogens with two attached hydrogens (primary N) is 1. The fourth-order valence-electron chi connectivity index (χ4n) is 3.85. The smallest absolute Gasteiger partial charge is 0.227 e. The molecular weight excluding hydrogens is 373 g/mol. The number of hydrogen-bond donors (Lipinski definition) is 2. The number of benzene rings is 1. The molecule has 2 aliphatic rings. The van der Waals surface area contributed by atoms with E-state index in [1.54, 1.807) is 24.5 Å². The molecule has 2 heterocycles. The molecular formula is C21H28FN5O2. The molecule has 0 radical (unpaired) electrons. The van der Waals surface area contributed by atoms with Crippen molar-refractivity contribution in [1.29, 1.82) is 0 Å². The van der Waals surface area contributed by atoms with Crippen LogP contribution in [0.15, 0.2) is 30.6 Å². The van der Waals surface area contributed by atoms with E-state index in [1.165, 1.54) is 6.07 Å². The highest BCUT2D eigenvalue weighted by Crippen LogP contribution is 2.35. The quantitative estimate of drug-likeness (QED) is 0.769. The van der Waals surface area contributed by atoms with Crippen molar-refractivity contribution in [2.45, 2.75) is 31.7 Å². The number of aromatic nitrogens is 2. The van der Waals surface area contributed by atoms with Gasteiger partial charge in [0.1, 0.15) is 11.6 Å². The molecule has 29 heavy (non-hydrogen) atoms. The van der Waals surface area contributed by atoms with Crippen LogP contribution >= 0.6 is 0 Å². The minimum Gasteiger partial charge on any atom is -0.491 e. The molecule has 0 amide bonds. The van der Waals surface area contributed by atoms with E-state index in [4.69, 9.17) is 15.2 Å². The van der Waals surface area contributed by atoms with Gasteiger partial charge in [0, 0.05) is 43.7 Å². The minimum atomic E-state index is -0.304. The number of hydrogen-bond acceptors (Lipinski definition) is 7. The van der Waals surface area contributed by atoms with Crippen LogP contribution in [0.5, 0.6) is 5.75 Å². The maximum atomic E-state index is 14.9. The van der Waals surface area contributed by atoms with E-state index in [0.29, 0.717) is 67.9 Å². The number of ether oxygens (including phenoxy) is 2. The van der Waals surface area contributed by atoms with Crippen molar-refractivity contribution < 1.29 is 13.9 Å². The monoisotopic (exact) mass is 401 g/mol. The molecule has 0 spiro atoms. The van der Waals surface area contributed by atoms with Gasteiger partial charge in [0.2, 0.25) is 5.95 Å². The van der Waals surface area contributed by atoms with Crippen LogP contribution in [0.4, 0.5) is 21.7 Å². The highest BCUT2D eigenvalue weighted by molar-refractivity contribution is 5.68. The molecule has 4 rings (SSSR count). The lowest BCUT2D eigenvalue weighted by Gasteiger charge is -2.30. The van der Waals surface area contributed by atoms with Crippen molar-refractivity contribution >= 4 is 17.3 Å². The molecule has 1 aromatic carbocycles. The number of nitrogens with one attached hydrogen (secondary N) is 1. The Morgan fingerprint density at radius 1 is 1.14 bits per heavy atom. The van der Waals surface area contributed by atoms with E-state index in [-0.39, 0.29) is 5.82 Å². The van der Waals surface area contributed by atoms with Crippen molar-refractivity contribution in [3.63, 3.8) is 0 Å². The predicted molar refractivity (Wildman–Crippen MR) is 110 cm³/mol. The topological polar surface area (TPSA) is 85.5 Å². The molecule has 2 fully saturated rings. The molecule has 0 bridgehead atoms. The van der Waals surface area contributed by atoms with Crippen LogP contribution in [0.25, 0.3) is 0 Å². The predicted octanol–water partition coefficient (Wildman–Crippen LogP) is 3.09. The number of halogens is 1. The van der Waals surface area contributed by atoms with Gasteiger partial charge >= 0.3 is 0 Å². The van der Waals surface area contributed by atoms with Crippen LogP contribution in [0.1, 0.15) is 25.7 Å². The standard InChI is InChI=1S/C21H28FN5O2/c22-17-12-18(26-21-24-6-1-7-25-21)20(13-19(17)27-8-10-28-11-9-27)29-14-15-2-4-16(23)5-3-15/h1,6-7,12-13,15-16H,2-5,8-11,14,23H2,(H,24,25,26). The fraction of sp³-hybridized carbons (Fsp3) is 0.524. The second kappa shape index (κ2) is 9.37. The molecule has 3 N–H and O–H groups in total. The first-order valence-corrected chi connectivity index (χ1v) is 10.3. The SMILES string of the molecule is NC1CCC(COc2cc(N3CCOCC3)c(F)cc2Nc2ncccn2)CC1. The van der Waals surface area contributed by atoms with Crippen LogP contribution in [-0.4, -0.2) is 48.9 Å². The Balaban J connectivity index is 1.55. The first-order valence-electron chi connectivity index (χ1n) is 10.3. The maximum Gasteiger partial charge on any atom is 0.227 e. The summed E-state index contributed by atoms with van der Waals surface area (Å²) >= 11 is 0. The molecule has 1 aliphatic carbocycles. The molecule has 1 aromatic heterocycles. The van der Waals surface area contributed by atoms with Gasteiger partial charge in [-0.05, 0) is 37.7 Å². The largest absolute Gasteiger partial charge is 0.491 e. The average Bonchev–Trinajstić information content (AvgIpc) is 2.76. The summed E-state index contributed by atoms with van der Waals surface area (Å²) in [6.45, 7) is 3.09. The zero-order chi connectivity index (χ0) is 20.1. The van der Waals surface area contributed by atoms with E-state index in [0.717, 1.165) is 25.7 Å². The van der Waals surface area contributed by atoms with Gasteiger partial charge in [-0.15, -0.1) is 0 Å². The molecule has 2 aromatic rings. The normalized spacial score (nSPS) is 22.3. The molecule has 7 nitrogen and oxygen atoms in total. The van der Waals surface area contributed by atoms with Gasteiger partial charge in [0.25, 0.3) is 0 Å². The van der Waals surface area contributed by atoms with Gasteiger partial charge in [-0.25, -0.2) is 14.4 Å². The van der Waals surface area contributed by atoms with Gasteiger partial charge in [-0.2, -0.15) is 0 Å². The Kier molecular flexibility index (Phi) is 6.41. The Hall–Kier alpha value is -2.45. The van der Waals surface area contributed by atoms with Crippen LogP contribution < -0.4 is 20.7 Å². The number of morpholine rings is 1. The van der Waals surface area contributed by atoms with E-state index in [9.17, 15) is 4.39 Å². The van der Waals surface area contributed by atoms with Crippen LogP contribution in [0, 0.1) is 11.7 Å². The van der Waals surface area contributed by atoms with E-state index in [1.807, 2.05) is 4.90 Å². The number of anilines is 3. The van der Waals surface area contributed by atoms with E-state index < -0.39 is 0 Å².